The lowest BCUT2D eigenvalue weighted by atomic mass is 9.95. The van der Waals surface area contributed by atoms with Gasteiger partial charge in [-0.15, -0.1) is 0 Å². The molecule has 0 saturated carbocycles. The highest BCUT2D eigenvalue weighted by atomic mass is 15.0. The quantitative estimate of drug-likeness (QED) is 0.133. The Balaban J connectivity index is 1.15. The lowest BCUT2D eigenvalue weighted by Gasteiger charge is -2.12. The Labute approximate surface area is 284 Å². The molecular formula is C45H25N5. The fourth-order valence-corrected chi connectivity index (χ4v) is 8.54. The highest BCUT2D eigenvalue weighted by Crippen LogP contribution is 2.41. The molecule has 5 heteroatoms. The van der Waals surface area contributed by atoms with Crippen LogP contribution in [0, 0.1) is 0 Å². The van der Waals surface area contributed by atoms with Gasteiger partial charge < -0.3 is 0 Å². The van der Waals surface area contributed by atoms with E-state index in [4.69, 9.17) is 15.0 Å². The first-order valence-electron chi connectivity index (χ1n) is 16.9. The van der Waals surface area contributed by atoms with Crippen LogP contribution in [0.4, 0.5) is 0 Å². The normalized spacial score (nSPS) is 12.4. The molecule has 0 unspecified atom stereocenters. The molecule has 0 N–H and O–H groups in total. The molecule has 50 heavy (non-hydrogen) atoms. The van der Waals surface area contributed by atoms with E-state index in [1.807, 2.05) is 12.3 Å². The van der Waals surface area contributed by atoms with E-state index in [0.29, 0.717) is 0 Å². The van der Waals surface area contributed by atoms with Crippen molar-refractivity contribution in [3.8, 4) is 11.1 Å². The molecule has 0 amide bonds. The number of benzene rings is 6. The summed E-state index contributed by atoms with van der Waals surface area (Å²) in [5.74, 6) is 0. The van der Waals surface area contributed by atoms with Crippen LogP contribution in [0.25, 0.3) is 109 Å². The van der Waals surface area contributed by atoms with Gasteiger partial charge in [0.15, 0.2) is 5.65 Å². The summed E-state index contributed by atoms with van der Waals surface area (Å²) in [4.78, 5) is 14.6. The van der Waals surface area contributed by atoms with Gasteiger partial charge in [0.25, 0.3) is 0 Å². The van der Waals surface area contributed by atoms with Crippen molar-refractivity contribution in [2.45, 2.75) is 0 Å². The number of pyridine rings is 3. The first-order chi connectivity index (χ1) is 24.8. The first-order valence-corrected chi connectivity index (χ1v) is 16.9. The Hall–Kier alpha value is -6.85. The molecule has 0 radical (unpaired) electrons. The van der Waals surface area contributed by atoms with Crippen molar-refractivity contribution >= 4 is 97.9 Å². The van der Waals surface area contributed by atoms with Crippen molar-refractivity contribution in [3.05, 3.63) is 152 Å². The summed E-state index contributed by atoms with van der Waals surface area (Å²) in [6.45, 7) is 0. The third-order valence-corrected chi connectivity index (χ3v) is 10.7. The van der Waals surface area contributed by atoms with Gasteiger partial charge in [-0.3, -0.25) is 13.8 Å². The maximum Gasteiger partial charge on any atom is 0.163 e. The Bertz CT molecular complexity index is 3440. The predicted octanol–water partition coefficient (Wildman–Crippen LogP) is 11.3. The van der Waals surface area contributed by atoms with Crippen LogP contribution in [0.1, 0.15) is 0 Å². The number of aromatic nitrogens is 5. The lowest BCUT2D eigenvalue weighted by Crippen LogP contribution is -1.94. The third-order valence-electron chi connectivity index (χ3n) is 10.7. The fourth-order valence-electron chi connectivity index (χ4n) is 8.54. The second-order valence-electron chi connectivity index (χ2n) is 13.4. The number of nitrogens with zero attached hydrogens (tertiary/aromatic N) is 5. The average molecular weight is 636 g/mol. The molecule has 6 aromatic carbocycles. The maximum absolute atomic E-state index is 4.87. The van der Waals surface area contributed by atoms with Crippen molar-refractivity contribution in [2.75, 3.05) is 0 Å². The first kappa shape index (κ1) is 26.1. The molecule has 0 saturated heterocycles. The van der Waals surface area contributed by atoms with E-state index < -0.39 is 0 Å². The van der Waals surface area contributed by atoms with Crippen molar-refractivity contribution in [3.63, 3.8) is 0 Å². The maximum atomic E-state index is 4.87. The Morgan fingerprint density at radius 1 is 0.360 bits per heavy atom. The summed E-state index contributed by atoms with van der Waals surface area (Å²) in [5, 5.41) is 15.6. The zero-order valence-corrected chi connectivity index (χ0v) is 26.7. The lowest BCUT2D eigenvalue weighted by molar-refractivity contribution is 1.18. The van der Waals surface area contributed by atoms with Crippen LogP contribution in [-0.4, -0.2) is 23.8 Å². The molecule has 230 valence electrons. The molecule has 6 heterocycles. The van der Waals surface area contributed by atoms with E-state index in [-0.39, 0.29) is 0 Å². The van der Waals surface area contributed by atoms with Gasteiger partial charge in [-0.1, -0.05) is 78.9 Å². The van der Waals surface area contributed by atoms with Gasteiger partial charge in [0, 0.05) is 74.1 Å². The van der Waals surface area contributed by atoms with Gasteiger partial charge in [-0.25, -0.2) is 9.97 Å². The molecule has 12 rings (SSSR count). The Kier molecular flexibility index (Phi) is 4.91. The highest BCUT2D eigenvalue weighted by molar-refractivity contribution is 6.24. The number of fused-ring (bicyclic) bond motifs is 18. The topological polar surface area (TPSA) is 47.5 Å². The standard InChI is InChI=1S/C45H25N5/c1-2-8-27-21-39-37(20-26(27)7-1)41-45(48-18-17-46-41)50-25-40-32(11-5-12-34(40)43(39)50)29-15-14-28-22-38-36(23-31(28)19-29)35-13-6-16-47-44(35)49-24-30-9-3-4-10-33(30)42(38)49/h1-25H. The van der Waals surface area contributed by atoms with E-state index in [1.165, 1.54) is 75.9 Å². The van der Waals surface area contributed by atoms with Crippen LogP contribution in [0.15, 0.2) is 152 Å². The van der Waals surface area contributed by atoms with Crippen LogP contribution in [0.3, 0.4) is 0 Å². The molecule has 0 bridgehead atoms. The molecule has 0 aliphatic rings. The molecule has 6 aromatic heterocycles. The fraction of sp³-hybridized carbons (Fsp3) is 0. The van der Waals surface area contributed by atoms with Crippen molar-refractivity contribution in [1.29, 1.82) is 0 Å². The van der Waals surface area contributed by atoms with Crippen LogP contribution in [-0.2, 0) is 0 Å². The Morgan fingerprint density at radius 3 is 1.92 bits per heavy atom. The zero-order valence-electron chi connectivity index (χ0n) is 26.7. The summed E-state index contributed by atoms with van der Waals surface area (Å²) in [7, 11) is 0. The van der Waals surface area contributed by atoms with Gasteiger partial charge >= 0.3 is 0 Å². The molecule has 0 spiro atoms. The monoisotopic (exact) mass is 635 g/mol. The molecular weight excluding hydrogens is 611 g/mol. The molecule has 0 aliphatic heterocycles. The number of hydrogen-bond donors (Lipinski definition) is 0. The average Bonchev–Trinajstić information content (AvgIpc) is 3.77. The molecule has 5 nitrogen and oxygen atoms in total. The molecule has 0 atom stereocenters. The van der Waals surface area contributed by atoms with E-state index in [9.17, 15) is 0 Å². The van der Waals surface area contributed by atoms with Gasteiger partial charge in [0.1, 0.15) is 11.2 Å². The number of rotatable bonds is 1. The SMILES string of the molecule is c1ccc2cc3c(cc2c1)c1nccnc1n1cc2c(-c4ccc5cc6c(cc5c4)c4cccnc4n4cc5ccccc5c64)cccc2c31. The van der Waals surface area contributed by atoms with Gasteiger partial charge in [-0.05, 0) is 80.5 Å². The summed E-state index contributed by atoms with van der Waals surface area (Å²) in [5.41, 5.74) is 7.48. The smallest absolute Gasteiger partial charge is 0.163 e. The van der Waals surface area contributed by atoms with E-state index in [1.54, 1.807) is 12.4 Å². The number of hydrogen-bond acceptors (Lipinski definition) is 3. The van der Waals surface area contributed by atoms with Crippen molar-refractivity contribution < 1.29 is 0 Å². The second kappa shape index (κ2) is 9.40. The third kappa shape index (κ3) is 3.38. The van der Waals surface area contributed by atoms with Crippen molar-refractivity contribution in [1.82, 2.24) is 23.8 Å². The van der Waals surface area contributed by atoms with Gasteiger partial charge in [0.2, 0.25) is 0 Å². The summed E-state index contributed by atoms with van der Waals surface area (Å²) in [6, 6.07) is 44.3. The summed E-state index contributed by atoms with van der Waals surface area (Å²) >= 11 is 0. The van der Waals surface area contributed by atoms with E-state index in [2.05, 4.69) is 136 Å². The molecule has 12 aromatic rings. The van der Waals surface area contributed by atoms with Gasteiger partial charge in [0.05, 0.1) is 11.0 Å². The van der Waals surface area contributed by atoms with E-state index in [0.717, 1.165) is 33.1 Å². The van der Waals surface area contributed by atoms with Crippen LogP contribution >= 0.6 is 0 Å². The second-order valence-corrected chi connectivity index (χ2v) is 13.4. The molecule has 0 fully saturated rings. The summed E-state index contributed by atoms with van der Waals surface area (Å²) in [6.07, 6.45) is 9.94. The van der Waals surface area contributed by atoms with E-state index >= 15 is 0 Å². The Morgan fingerprint density at radius 2 is 1.02 bits per heavy atom. The minimum Gasteiger partial charge on any atom is -0.299 e. The molecule has 0 aliphatic carbocycles. The van der Waals surface area contributed by atoms with Crippen LogP contribution in [0.5, 0.6) is 0 Å². The summed E-state index contributed by atoms with van der Waals surface area (Å²) < 4.78 is 4.51. The predicted molar refractivity (Wildman–Crippen MR) is 207 cm³/mol. The minimum atomic E-state index is 0.863. The minimum absolute atomic E-state index is 0.863. The van der Waals surface area contributed by atoms with Crippen LogP contribution < -0.4 is 0 Å². The van der Waals surface area contributed by atoms with Gasteiger partial charge in [-0.2, -0.15) is 0 Å². The highest BCUT2D eigenvalue weighted by Gasteiger charge is 2.18. The van der Waals surface area contributed by atoms with Crippen LogP contribution in [0.2, 0.25) is 0 Å². The van der Waals surface area contributed by atoms with Crippen molar-refractivity contribution in [2.24, 2.45) is 0 Å². The largest absolute Gasteiger partial charge is 0.299 e. The zero-order chi connectivity index (χ0) is 32.5.